The van der Waals surface area contributed by atoms with E-state index < -0.39 is 17.7 Å². The van der Waals surface area contributed by atoms with E-state index in [1.165, 1.54) is 11.8 Å². The van der Waals surface area contributed by atoms with Gasteiger partial charge in [0.05, 0.1) is 11.6 Å². The van der Waals surface area contributed by atoms with E-state index in [-0.39, 0.29) is 17.2 Å². The molecule has 0 bridgehead atoms. The van der Waals surface area contributed by atoms with Crippen LogP contribution in [0, 0.1) is 0 Å². The molecule has 2 amide bonds. The Bertz CT molecular complexity index is 1220. The summed E-state index contributed by atoms with van der Waals surface area (Å²) in [6.45, 7) is 1.40. The highest BCUT2D eigenvalue weighted by Gasteiger charge is 2.46. The lowest BCUT2D eigenvalue weighted by Crippen LogP contribution is -2.29. The summed E-state index contributed by atoms with van der Waals surface area (Å²) in [5.41, 5.74) is 2.07. The first-order valence-corrected chi connectivity index (χ1v) is 10.2. The van der Waals surface area contributed by atoms with Crippen LogP contribution < -0.4 is 10.2 Å². The van der Waals surface area contributed by atoms with Crippen LogP contribution in [0.1, 0.15) is 24.1 Å². The number of hydrogen-bond acceptors (Lipinski definition) is 4. The lowest BCUT2D eigenvalue weighted by atomic mass is 9.95. The second-order valence-corrected chi connectivity index (χ2v) is 7.75. The molecule has 0 aliphatic carbocycles. The molecule has 0 spiro atoms. The van der Waals surface area contributed by atoms with Gasteiger partial charge in [-0.25, -0.2) is 0 Å². The smallest absolute Gasteiger partial charge is 0.300 e. The van der Waals surface area contributed by atoms with Gasteiger partial charge in [0.15, 0.2) is 0 Å². The van der Waals surface area contributed by atoms with Crippen molar-refractivity contribution in [2.75, 3.05) is 10.2 Å². The van der Waals surface area contributed by atoms with Crippen molar-refractivity contribution < 1.29 is 19.5 Å². The van der Waals surface area contributed by atoms with Crippen LogP contribution >= 0.6 is 11.6 Å². The molecule has 160 valence electrons. The number of benzene rings is 3. The molecule has 0 radical (unpaired) electrons. The molecule has 32 heavy (non-hydrogen) atoms. The van der Waals surface area contributed by atoms with Gasteiger partial charge in [-0.15, -0.1) is 0 Å². The molecule has 1 heterocycles. The zero-order valence-corrected chi connectivity index (χ0v) is 17.8. The highest BCUT2D eigenvalue weighted by atomic mass is 35.5. The number of hydrogen-bond donors (Lipinski definition) is 2. The number of carbonyl (C=O) groups is 3. The van der Waals surface area contributed by atoms with Crippen molar-refractivity contribution in [2.45, 2.75) is 13.0 Å². The standard InChI is InChI=1S/C25H19ClN2O4/c1-15(29)27-19-11-13-20(14-12-19)28-22(16-7-9-18(26)10-8-16)21(24(31)25(28)32)23(30)17-5-3-2-4-6-17/h2-14,22,30H,1H3,(H,27,29)/b23-21-. The predicted molar refractivity (Wildman–Crippen MR) is 123 cm³/mol. The van der Waals surface area contributed by atoms with Gasteiger partial charge in [0.25, 0.3) is 11.7 Å². The minimum Gasteiger partial charge on any atom is -0.507 e. The van der Waals surface area contributed by atoms with Crippen LogP contribution in [0.25, 0.3) is 5.76 Å². The number of aliphatic hydroxyl groups excluding tert-OH is 1. The normalized spacial score (nSPS) is 17.4. The maximum atomic E-state index is 13.1. The second-order valence-electron chi connectivity index (χ2n) is 7.31. The summed E-state index contributed by atoms with van der Waals surface area (Å²) in [7, 11) is 0. The Morgan fingerprint density at radius 2 is 1.56 bits per heavy atom. The quantitative estimate of drug-likeness (QED) is 0.338. The van der Waals surface area contributed by atoms with E-state index in [1.54, 1.807) is 78.9 Å². The lowest BCUT2D eigenvalue weighted by Gasteiger charge is -2.25. The molecular weight excluding hydrogens is 428 g/mol. The second kappa shape index (κ2) is 8.69. The molecule has 7 heteroatoms. The van der Waals surface area contributed by atoms with Crippen molar-refractivity contribution >= 4 is 46.3 Å². The Hall–Kier alpha value is -3.90. The number of halogens is 1. The van der Waals surface area contributed by atoms with Crippen molar-refractivity contribution in [2.24, 2.45) is 0 Å². The Balaban J connectivity index is 1.87. The molecule has 4 rings (SSSR count). The maximum absolute atomic E-state index is 13.1. The third-order valence-electron chi connectivity index (χ3n) is 5.14. The molecule has 2 N–H and O–H groups in total. The lowest BCUT2D eigenvalue weighted by molar-refractivity contribution is -0.132. The van der Waals surface area contributed by atoms with Crippen molar-refractivity contribution in [3.05, 3.63) is 101 Å². The van der Waals surface area contributed by atoms with E-state index in [9.17, 15) is 19.5 Å². The average molecular weight is 447 g/mol. The summed E-state index contributed by atoms with van der Waals surface area (Å²) in [4.78, 5) is 38.8. The summed E-state index contributed by atoms with van der Waals surface area (Å²) < 4.78 is 0. The van der Waals surface area contributed by atoms with Crippen LogP contribution in [0.2, 0.25) is 5.02 Å². The van der Waals surface area contributed by atoms with Crippen molar-refractivity contribution in [1.82, 2.24) is 0 Å². The SMILES string of the molecule is CC(=O)Nc1ccc(N2C(=O)C(=O)/C(=C(\O)c3ccccc3)C2c2ccc(Cl)cc2)cc1. The highest BCUT2D eigenvalue weighted by molar-refractivity contribution is 6.51. The van der Waals surface area contributed by atoms with Crippen LogP contribution in [0.15, 0.2) is 84.4 Å². The van der Waals surface area contributed by atoms with Gasteiger partial charge in [0, 0.05) is 28.9 Å². The van der Waals surface area contributed by atoms with Gasteiger partial charge in [-0.2, -0.15) is 0 Å². The van der Waals surface area contributed by atoms with Crippen LogP contribution in [-0.2, 0) is 14.4 Å². The number of anilines is 2. The number of ketones is 1. The van der Waals surface area contributed by atoms with Gasteiger partial charge in [-0.05, 0) is 42.0 Å². The minimum absolute atomic E-state index is 0.00513. The number of rotatable bonds is 4. The Morgan fingerprint density at radius 1 is 0.938 bits per heavy atom. The number of carbonyl (C=O) groups excluding carboxylic acids is 3. The summed E-state index contributed by atoms with van der Waals surface area (Å²) >= 11 is 6.04. The molecule has 6 nitrogen and oxygen atoms in total. The maximum Gasteiger partial charge on any atom is 0.300 e. The van der Waals surface area contributed by atoms with Gasteiger partial charge in [-0.3, -0.25) is 19.3 Å². The van der Waals surface area contributed by atoms with E-state index in [4.69, 9.17) is 11.6 Å². The summed E-state index contributed by atoms with van der Waals surface area (Å²) in [5, 5.41) is 14.2. The van der Waals surface area contributed by atoms with Crippen molar-refractivity contribution in [1.29, 1.82) is 0 Å². The fourth-order valence-electron chi connectivity index (χ4n) is 3.72. The summed E-state index contributed by atoms with van der Waals surface area (Å²) in [6, 6.07) is 21.1. The molecule has 0 aromatic heterocycles. The predicted octanol–water partition coefficient (Wildman–Crippen LogP) is 4.92. The van der Waals surface area contributed by atoms with Crippen molar-refractivity contribution in [3.63, 3.8) is 0 Å². The highest BCUT2D eigenvalue weighted by Crippen LogP contribution is 2.42. The van der Waals surface area contributed by atoms with Crippen LogP contribution in [0.4, 0.5) is 11.4 Å². The molecule has 1 saturated heterocycles. The first kappa shape index (κ1) is 21.3. The first-order valence-electron chi connectivity index (χ1n) is 9.86. The number of aliphatic hydroxyl groups is 1. The van der Waals surface area contributed by atoms with Gasteiger partial charge in [0.2, 0.25) is 5.91 Å². The fourth-order valence-corrected chi connectivity index (χ4v) is 3.85. The number of nitrogens with zero attached hydrogens (tertiary/aromatic N) is 1. The summed E-state index contributed by atoms with van der Waals surface area (Å²) in [5.74, 6) is -2.00. The van der Waals surface area contributed by atoms with E-state index in [2.05, 4.69) is 5.32 Å². The zero-order chi connectivity index (χ0) is 22.8. The van der Waals surface area contributed by atoms with Gasteiger partial charge in [0.1, 0.15) is 5.76 Å². The molecule has 1 fully saturated rings. The monoisotopic (exact) mass is 446 g/mol. The Kier molecular flexibility index (Phi) is 5.79. The third kappa shape index (κ3) is 4.00. The largest absolute Gasteiger partial charge is 0.507 e. The minimum atomic E-state index is -0.848. The van der Waals surface area contributed by atoms with Crippen LogP contribution in [0.3, 0.4) is 0 Å². The molecular formula is C25H19ClN2O4. The third-order valence-corrected chi connectivity index (χ3v) is 5.40. The molecule has 3 aromatic carbocycles. The first-order chi connectivity index (χ1) is 15.4. The summed E-state index contributed by atoms with van der Waals surface area (Å²) in [6.07, 6.45) is 0. The van der Waals surface area contributed by atoms with Crippen molar-refractivity contribution in [3.8, 4) is 0 Å². The molecule has 0 saturated carbocycles. The van der Waals surface area contributed by atoms with E-state index >= 15 is 0 Å². The van der Waals surface area contributed by atoms with Gasteiger partial charge in [-0.1, -0.05) is 54.1 Å². The van der Waals surface area contributed by atoms with Gasteiger partial charge >= 0.3 is 0 Å². The fraction of sp³-hybridized carbons (Fsp3) is 0.0800. The molecule has 1 atom stereocenters. The number of Topliss-reactive ketones (excluding diaryl/α,β-unsaturated/α-hetero) is 1. The molecule has 3 aromatic rings. The van der Waals surface area contributed by atoms with Crippen LogP contribution in [-0.4, -0.2) is 22.7 Å². The van der Waals surface area contributed by atoms with E-state index in [0.717, 1.165) is 0 Å². The average Bonchev–Trinajstić information content (AvgIpc) is 3.05. The number of nitrogens with one attached hydrogen (secondary N) is 1. The molecule has 1 unspecified atom stereocenters. The molecule has 1 aliphatic heterocycles. The van der Waals surface area contributed by atoms with Gasteiger partial charge < -0.3 is 10.4 Å². The van der Waals surface area contributed by atoms with E-state index in [0.29, 0.717) is 27.5 Å². The van der Waals surface area contributed by atoms with E-state index in [1.807, 2.05) is 0 Å². The van der Waals surface area contributed by atoms with Crippen LogP contribution in [0.5, 0.6) is 0 Å². The number of amides is 2. The zero-order valence-electron chi connectivity index (χ0n) is 17.1. The Morgan fingerprint density at radius 3 is 2.16 bits per heavy atom. The molecule has 1 aliphatic rings. The Labute approximate surface area is 189 Å². The topological polar surface area (TPSA) is 86.7 Å².